The van der Waals surface area contributed by atoms with E-state index in [1.165, 1.54) is 5.56 Å². The van der Waals surface area contributed by atoms with Crippen LogP contribution in [0.4, 0.5) is 0 Å². The van der Waals surface area contributed by atoms with Crippen molar-refractivity contribution in [2.45, 2.75) is 32.3 Å². The Hall–Kier alpha value is -0.930. The monoisotopic (exact) mass is 223 g/mol. The van der Waals surface area contributed by atoms with Gasteiger partial charge in [0.05, 0.1) is 6.10 Å². The molecule has 0 aliphatic rings. The van der Waals surface area contributed by atoms with Crippen LogP contribution < -0.4 is 0 Å². The van der Waals surface area contributed by atoms with Crippen molar-refractivity contribution in [2.24, 2.45) is 5.92 Å². The van der Waals surface area contributed by atoms with Crippen molar-refractivity contribution in [3.63, 3.8) is 0 Å². The number of hydrogen-bond donors (Lipinski definition) is 1. The van der Waals surface area contributed by atoms with Crippen LogP contribution in [0.5, 0.6) is 0 Å². The topological polar surface area (TPSA) is 42.4 Å². The van der Waals surface area contributed by atoms with Gasteiger partial charge in [-0.15, -0.1) is 0 Å². The van der Waals surface area contributed by atoms with Crippen molar-refractivity contribution < 1.29 is 9.84 Å². The summed E-state index contributed by atoms with van der Waals surface area (Å²) in [6.45, 7) is 2.78. The van der Waals surface area contributed by atoms with Gasteiger partial charge in [0.1, 0.15) is 0 Å². The lowest BCUT2D eigenvalue weighted by molar-refractivity contribution is 0.0822. The van der Waals surface area contributed by atoms with E-state index >= 15 is 0 Å². The molecule has 2 unspecified atom stereocenters. The van der Waals surface area contributed by atoms with Crippen LogP contribution >= 0.6 is 0 Å². The van der Waals surface area contributed by atoms with Crippen LogP contribution in [-0.2, 0) is 11.2 Å². The summed E-state index contributed by atoms with van der Waals surface area (Å²) in [5.41, 5.74) is 1.23. The molecule has 1 aromatic heterocycles. The van der Waals surface area contributed by atoms with Crippen LogP contribution in [0, 0.1) is 5.92 Å². The number of methoxy groups -OCH3 is 1. The Bertz CT molecular complexity index is 277. The molecular weight excluding hydrogens is 202 g/mol. The minimum Gasteiger partial charge on any atom is -0.393 e. The molecule has 0 aliphatic carbocycles. The van der Waals surface area contributed by atoms with Gasteiger partial charge in [-0.05, 0) is 42.9 Å². The van der Waals surface area contributed by atoms with E-state index in [1.54, 1.807) is 19.5 Å². The smallest absolute Gasteiger partial charge is 0.0569 e. The van der Waals surface area contributed by atoms with E-state index in [4.69, 9.17) is 4.74 Å². The third-order valence-corrected chi connectivity index (χ3v) is 2.91. The lowest BCUT2D eigenvalue weighted by atomic mass is 9.96. The molecule has 3 nitrogen and oxygen atoms in total. The Morgan fingerprint density at radius 1 is 1.31 bits per heavy atom. The van der Waals surface area contributed by atoms with E-state index in [1.807, 2.05) is 12.1 Å². The van der Waals surface area contributed by atoms with Crippen LogP contribution in [0.3, 0.4) is 0 Å². The largest absolute Gasteiger partial charge is 0.393 e. The molecule has 1 aromatic rings. The first-order valence-corrected chi connectivity index (χ1v) is 5.80. The van der Waals surface area contributed by atoms with E-state index in [0.717, 1.165) is 19.3 Å². The fourth-order valence-corrected chi connectivity index (χ4v) is 1.64. The number of aryl methyl sites for hydroxylation is 1. The van der Waals surface area contributed by atoms with Gasteiger partial charge in [-0.25, -0.2) is 0 Å². The zero-order valence-electron chi connectivity index (χ0n) is 10.1. The molecule has 1 heterocycles. The third-order valence-electron chi connectivity index (χ3n) is 2.91. The highest BCUT2D eigenvalue weighted by atomic mass is 16.5. The molecule has 0 spiro atoms. The maximum absolute atomic E-state index is 9.93. The average Bonchev–Trinajstić information content (AvgIpc) is 2.34. The molecule has 0 aliphatic heterocycles. The SMILES string of the molecule is COCCC(C)C(O)CCc1ccncc1. The summed E-state index contributed by atoms with van der Waals surface area (Å²) in [6.07, 6.45) is 5.94. The number of hydrogen-bond acceptors (Lipinski definition) is 3. The summed E-state index contributed by atoms with van der Waals surface area (Å²) in [4.78, 5) is 3.97. The van der Waals surface area contributed by atoms with Crippen molar-refractivity contribution in [2.75, 3.05) is 13.7 Å². The van der Waals surface area contributed by atoms with Crippen LogP contribution in [0.25, 0.3) is 0 Å². The highest BCUT2D eigenvalue weighted by Crippen LogP contribution is 2.14. The molecule has 0 saturated heterocycles. The molecule has 90 valence electrons. The summed E-state index contributed by atoms with van der Waals surface area (Å²) in [7, 11) is 1.69. The van der Waals surface area contributed by atoms with Gasteiger partial charge in [-0.1, -0.05) is 6.92 Å². The quantitative estimate of drug-likeness (QED) is 0.769. The van der Waals surface area contributed by atoms with Crippen molar-refractivity contribution in [1.29, 1.82) is 0 Å². The minimum atomic E-state index is -0.247. The van der Waals surface area contributed by atoms with Crippen molar-refractivity contribution in [3.8, 4) is 0 Å². The first-order chi connectivity index (χ1) is 7.74. The Balaban J connectivity index is 2.26. The number of aliphatic hydroxyl groups is 1. The number of aromatic nitrogens is 1. The minimum absolute atomic E-state index is 0.247. The maximum atomic E-state index is 9.93. The summed E-state index contributed by atoms with van der Waals surface area (Å²) in [5, 5.41) is 9.93. The molecule has 0 radical (unpaired) electrons. The summed E-state index contributed by atoms with van der Waals surface area (Å²) >= 11 is 0. The molecule has 1 rings (SSSR count). The molecule has 1 N–H and O–H groups in total. The van der Waals surface area contributed by atoms with Crippen molar-refractivity contribution in [3.05, 3.63) is 30.1 Å². The highest BCUT2D eigenvalue weighted by Gasteiger charge is 2.13. The standard InChI is InChI=1S/C13H21NO2/c1-11(7-10-16-2)13(15)4-3-12-5-8-14-9-6-12/h5-6,8-9,11,13,15H,3-4,7,10H2,1-2H3. The van der Waals surface area contributed by atoms with E-state index in [0.29, 0.717) is 12.5 Å². The van der Waals surface area contributed by atoms with Crippen LogP contribution in [0.2, 0.25) is 0 Å². The number of rotatable bonds is 7. The molecule has 2 atom stereocenters. The molecule has 3 heteroatoms. The fraction of sp³-hybridized carbons (Fsp3) is 0.615. The molecule has 16 heavy (non-hydrogen) atoms. The van der Waals surface area contributed by atoms with E-state index in [9.17, 15) is 5.11 Å². The molecule has 0 aromatic carbocycles. The normalized spacial score (nSPS) is 14.7. The summed E-state index contributed by atoms with van der Waals surface area (Å²) in [6, 6.07) is 3.99. The van der Waals surface area contributed by atoms with Crippen molar-refractivity contribution >= 4 is 0 Å². The lowest BCUT2D eigenvalue weighted by Crippen LogP contribution is -2.19. The van der Waals surface area contributed by atoms with Crippen LogP contribution in [0.15, 0.2) is 24.5 Å². The average molecular weight is 223 g/mol. The number of ether oxygens (including phenoxy) is 1. The van der Waals surface area contributed by atoms with E-state index < -0.39 is 0 Å². The van der Waals surface area contributed by atoms with Gasteiger partial charge in [0.2, 0.25) is 0 Å². The molecule has 0 amide bonds. The van der Waals surface area contributed by atoms with Gasteiger partial charge >= 0.3 is 0 Å². The van der Waals surface area contributed by atoms with Gasteiger partial charge in [-0.2, -0.15) is 0 Å². The third kappa shape index (κ3) is 4.73. The number of nitrogens with zero attached hydrogens (tertiary/aromatic N) is 1. The van der Waals surface area contributed by atoms with E-state index in [-0.39, 0.29) is 6.10 Å². The molecule has 0 bridgehead atoms. The van der Waals surface area contributed by atoms with Gasteiger partial charge < -0.3 is 9.84 Å². The Morgan fingerprint density at radius 2 is 2.00 bits per heavy atom. The molecule has 0 fully saturated rings. The fourth-order valence-electron chi connectivity index (χ4n) is 1.64. The number of pyridine rings is 1. The Morgan fingerprint density at radius 3 is 2.62 bits per heavy atom. The number of aliphatic hydroxyl groups excluding tert-OH is 1. The van der Waals surface area contributed by atoms with Gasteiger partial charge in [-0.3, -0.25) is 4.98 Å². The van der Waals surface area contributed by atoms with Crippen LogP contribution in [-0.4, -0.2) is 29.9 Å². The summed E-state index contributed by atoms with van der Waals surface area (Å²) < 4.78 is 5.01. The second-order valence-electron chi connectivity index (χ2n) is 4.22. The van der Waals surface area contributed by atoms with Crippen molar-refractivity contribution in [1.82, 2.24) is 4.98 Å². The first-order valence-electron chi connectivity index (χ1n) is 5.80. The predicted octanol–water partition coefficient (Wildman–Crippen LogP) is 2.05. The van der Waals surface area contributed by atoms with Gasteiger partial charge in [0.25, 0.3) is 0 Å². The first kappa shape index (κ1) is 13.1. The maximum Gasteiger partial charge on any atom is 0.0569 e. The Kier molecular flexibility index (Phi) is 6.04. The van der Waals surface area contributed by atoms with Gasteiger partial charge in [0.15, 0.2) is 0 Å². The van der Waals surface area contributed by atoms with Gasteiger partial charge in [0, 0.05) is 26.1 Å². The molecule has 0 saturated carbocycles. The second kappa shape index (κ2) is 7.36. The Labute approximate surface area is 97.5 Å². The van der Waals surface area contributed by atoms with Crippen LogP contribution in [0.1, 0.15) is 25.3 Å². The molecular formula is C13H21NO2. The second-order valence-corrected chi connectivity index (χ2v) is 4.22. The zero-order valence-corrected chi connectivity index (χ0v) is 10.1. The highest BCUT2D eigenvalue weighted by molar-refractivity contribution is 5.09. The summed E-state index contributed by atoms with van der Waals surface area (Å²) in [5.74, 6) is 0.293. The predicted molar refractivity (Wildman–Crippen MR) is 64.2 cm³/mol. The lowest BCUT2D eigenvalue weighted by Gasteiger charge is -2.18. The zero-order chi connectivity index (χ0) is 11.8. The van der Waals surface area contributed by atoms with E-state index in [2.05, 4.69) is 11.9 Å².